The van der Waals surface area contributed by atoms with Crippen molar-refractivity contribution >= 4 is 6.08 Å². The van der Waals surface area contributed by atoms with Crippen molar-refractivity contribution in [2.45, 2.75) is 0 Å². The third kappa shape index (κ3) is 2.83. The second-order valence-electron chi connectivity index (χ2n) is 3.60. The molecule has 0 unspecified atom stereocenters. The van der Waals surface area contributed by atoms with Crippen LogP contribution >= 0.6 is 0 Å². The SMILES string of the molecule is C=Cc1cnc(-c2ccc(C#CC#N)c(F)c2)nc1. The molecular weight excluding hydrogens is 241 g/mol. The zero-order chi connectivity index (χ0) is 13.7. The fourth-order valence-electron chi connectivity index (χ4n) is 1.44. The Labute approximate surface area is 110 Å². The molecule has 0 aliphatic carbocycles. The summed E-state index contributed by atoms with van der Waals surface area (Å²) in [6.45, 7) is 3.61. The van der Waals surface area contributed by atoms with Crippen LogP contribution in [0.5, 0.6) is 0 Å². The van der Waals surface area contributed by atoms with Gasteiger partial charge in [-0.15, -0.1) is 0 Å². The van der Waals surface area contributed by atoms with Gasteiger partial charge in [0.25, 0.3) is 0 Å². The minimum absolute atomic E-state index is 0.174. The summed E-state index contributed by atoms with van der Waals surface area (Å²) in [7, 11) is 0. The van der Waals surface area contributed by atoms with E-state index in [1.165, 1.54) is 12.1 Å². The number of nitriles is 1. The highest BCUT2D eigenvalue weighted by Gasteiger charge is 2.05. The van der Waals surface area contributed by atoms with Crippen molar-refractivity contribution in [2.75, 3.05) is 0 Å². The zero-order valence-corrected chi connectivity index (χ0v) is 9.89. The Balaban J connectivity index is 2.38. The van der Waals surface area contributed by atoms with Crippen molar-refractivity contribution in [3.05, 3.63) is 54.1 Å². The van der Waals surface area contributed by atoms with Crippen LogP contribution in [0.4, 0.5) is 4.39 Å². The largest absolute Gasteiger partial charge is 0.236 e. The first-order valence-electron chi connectivity index (χ1n) is 5.39. The Morgan fingerprint density at radius 2 is 2.00 bits per heavy atom. The predicted octanol–water partition coefficient (Wildman–Crippen LogP) is 2.80. The molecule has 4 heteroatoms. The maximum atomic E-state index is 13.7. The van der Waals surface area contributed by atoms with Gasteiger partial charge < -0.3 is 0 Å². The Kier molecular flexibility index (Phi) is 3.66. The van der Waals surface area contributed by atoms with E-state index in [1.807, 2.05) is 0 Å². The smallest absolute Gasteiger partial charge is 0.159 e. The molecule has 0 aliphatic rings. The molecule has 0 atom stereocenters. The van der Waals surface area contributed by atoms with Gasteiger partial charge in [0.2, 0.25) is 0 Å². The predicted molar refractivity (Wildman–Crippen MR) is 70.0 cm³/mol. The lowest BCUT2D eigenvalue weighted by atomic mass is 10.1. The molecule has 0 spiro atoms. The number of nitrogens with zero attached hydrogens (tertiary/aromatic N) is 3. The summed E-state index contributed by atoms with van der Waals surface area (Å²) in [4.78, 5) is 8.23. The maximum absolute atomic E-state index is 13.7. The van der Waals surface area contributed by atoms with E-state index in [2.05, 4.69) is 28.4 Å². The molecular formula is C15H8FN3. The van der Waals surface area contributed by atoms with E-state index < -0.39 is 5.82 Å². The number of hydrogen-bond donors (Lipinski definition) is 0. The molecule has 0 saturated carbocycles. The molecule has 0 amide bonds. The summed E-state index contributed by atoms with van der Waals surface area (Å²) in [5, 5.41) is 8.33. The Hall–Kier alpha value is -2.98. The third-order valence-electron chi connectivity index (χ3n) is 2.39. The molecule has 0 saturated heterocycles. The molecule has 1 aromatic heterocycles. The topological polar surface area (TPSA) is 49.6 Å². The monoisotopic (exact) mass is 249 g/mol. The van der Waals surface area contributed by atoms with E-state index in [0.717, 1.165) is 5.56 Å². The number of hydrogen-bond acceptors (Lipinski definition) is 3. The van der Waals surface area contributed by atoms with Crippen LogP contribution in [0.15, 0.2) is 37.2 Å². The number of rotatable bonds is 2. The lowest BCUT2D eigenvalue weighted by Gasteiger charge is -2.01. The highest BCUT2D eigenvalue weighted by atomic mass is 19.1. The number of aromatic nitrogens is 2. The number of halogens is 1. The van der Waals surface area contributed by atoms with Crippen molar-refractivity contribution in [1.82, 2.24) is 9.97 Å². The van der Waals surface area contributed by atoms with E-state index in [-0.39, 0.29) is 5.56 Å². The highest BCUT2D eigenvalue weighted by molar-refractivity contribution is 5.58. The summed E-state index contributed by atoms with van der Waals surface area (Å²) >= 11 is 0. The van der Waals surface area contributed by atoms with E-state index in [9.17, 15) is 4.39 Å². The van der Waals surface area contributed by atoms with Gasteiger partial charge in [0.05, 0.1) is 5.56 Å². The van der Waals surface area contributed by atoms with Gasteiger partial charge in [-0.1, -0.05) is 12.7 Å². The minimum Gasteiger partial charge on any atom is -0.236 e. The summed E-state index contributed by atoms with van der Waals surface area (Å²) in [5.41, 5.74) is 1.52. The van der Waals surface area contributed by atoms with Gasteiger partial charge in [-0.25, -0.2) is 14.4 Å². The molecule has 2 rings (SSSR count). The van der Waals surface area contributed by atoms with Gasteiger partial charge >= 0.3 is 0 Å². The Morgan fingerprint density at radius 3 is 2.58 bits per heavy atom. The molecule has 90 valence electrons. The minimum atomic E-state index is -0.503. The van der Waals surface area contributed by atoms with Crippen LogP contribution in [0.1, 0.15) is 11.1 Å². The number of benzene rings is 1. The second kappa shape index (κ2) is 5.57. The molecule has 1 aromatic carbocycles. The molecule has 0 aliphatic heterocycles. The Morgan fingerprint density at radius 1 is 1.26 bits per heavy atom. The van der Waals surface area contributed by atoms with Crippen LogP contribution in [0.3, 0.4) is 0 Å². The molecule has 0 fully saturated rings. The maximum Gasteiger partial charge on any atom is 0.159 e. The first-order valence-corrected chi connectivity index (χ1v) is 5.39. The molecule has 0 bridgehead atoms. The zero-order valence-electron chi connectivity index (χ0n) is 9.89. The van der Waals surface area contributed by atoms with Gasteiger partial charge in [-0.2, -0.15) is 5.26 Å². The van der Waals surface area contributed by atoms with Crippen LogP contribution in [0.2, 0.25) is 0 Å². The van der Waals surface area contributed by atoms with Gasteiger partial charge in [0, 0.05) is 29.4 Å². The summed E-state index contributed by atoms with van der Waals surface area (Å²) in [6.07, 6.45) is 4.85. The van der Waals surface area contributed by atoms with Crippen LogP contribution in [0.25, 0.3) is 17.5 Å². The second-order valence-corrected chi connectivity index (χ2v) is 3.60. The molecule has 0 radical (unpaired) electrons. The highest BCUT2D eigenvalue weighted by Crippen LogP contribution is 2.18. The quantitative estimate of drug-likeness (QED) is 0.769. The summed E-state index contributed by atoms with van der Waals surface area (Å²) < 4.78 is 13.7. The summed E-state index contributed by atoms with van der Waals surface area (Å²) in [6, 6.07) is 6.10. The van der Waals surface area contributed by atoms with Crippen molar-refractivity contribution in [3.8, 4) is 29.3 Å². The lowest BCUT2D eigenvalue weighted by molar-refractivity contribution is 0.624. The first-order chi connectivity index (χ1) is 9.24. The van der Waals surface area contributed by atoms with Gasteiger partial charge in [0.15, 0.2) is 11.9 Å². The van der Waals surface area contributed by atoms with E-state index in [0.29, 0.717) is 11.4 Å². The Bertz CT molecular complexity index is 716. The van der Waals surface area contributed by atoms with Crippen LogP contribution in [-0.2, 0) is 0 Å². The lowest BCUT2D eigenvalue weighted by Crippen LogP contribution is -1.91. The van der Waals surface area contributed by atoms with Crippen LogP contribution in [0, 0.1) is 29.0 Å². The first kappa shape index (κ1) is 12.5. The normalized spacial score (nSPS) is 9.05. The van der Waals surface area contributed by atoms with Gasteiger partial charge in [-0.05, 0) is 24.1 Å². The molecule has 0 N–H and O–H groups in total. The molecule has 3 nitrogen and oxygen atoms in total. The van der Waals surface area contributed by atoms with E-state index >= 15 is 0 Å². The fraction of sp³-hybridized carbons (Fsp3) is 0. The van der Waals surface area contributed by atoms with Gasteiger partial charge in [-0.3, -0.25) is 0 Å². The fourth-order valence-corrected chi connectivity index (χ4v) is 1.44. The molecule has 1 heterocycles. The molecule has 2 aromatic rings. The van der Waals surface area contributed by atoms with Crippen molar-refractivity contribution in [3.63, 3.8) is 0 Å². The van der Waals surface area contributed by atoms with E-state index in [1.54, 1.807) is 30.6 Å². The van der Waals surface area contributed by atoms with Crippen LogP contribution < -0.4 is 0 Å². The summed E-state index contributed by atoms with van der Waals surface area (Å²) in [5.74, 6) is 4.49. The third-order valence-corrected chi connectivity index (χ3v) is 2.39. The van der Waals surface area contributed by atoms with Crippen molar-refractivity contribution in [2.24, 2.45) is 0 Å². The van der Waals surface area contributed by atoms with E-state index in [4.69, 9.17) is 5.26 Å². The van der Waals surface area contributed by atoms with Crippen molar-refractivity contribution < 1.29 is 4.39 Å². The standard InChI is InChI=1S/C15H8FN3/c1-2-11-9-18-15(19-10-11)13-6-5-12(4-3-7-17)14(16)8-13/h2,5-6,8-10H,1H2. The van der Waals surface area contributed by atoms with Crippen LogP contribution in [-0.4, -0.2) is 9.97 Å². The average Bonchev–Trinajstić information content (AvgIpc) is 2.46. The van der Waals surface area contributed by atoms with Crippen molar-refractivity contribution in [1.29, 1.82) is 5.26 Å². The van der Waals surface area contributed by atoms with Gasteiger partial charge in [0.1, 0.15) is 5.82 Å². The average molecular weight is 249 g/mol. The molecule has 19 heavy (non-hydrogen) atoms.